The van der Waals surface area contributed by atoms with Crippen molar-refractivity contribution in [2.24, 2.45) is 0 Å². The molecule has 1 aromatic rings. The predicted molar refractivity (Wildman–Crippen MR) is 69.7 cm³/mol. The Hall–Kier alpha value is -0.440. The molecule has 0 bridgehead atoms. The maximum Gasteiger partial charge on any atom is 0.139 e. The summed E-state index contributed by atoms with van der Waals surface area (Å²) in [5.41, 5.74) is 0.0987. The first-order valence-electron chi connectivity index (χ1n) is 5.22. The van der Waals surface area contributed by atoms with E-state index in [0.717, 1.165) is 6.54 Å². The van der Waals surface area contributed by atoms with Gasteiger partial charge in [0, 0.05) is 12.1 Å². The number of rotatable bonds is 4. The summed E-state index contributed by atoms with van der Waals surface area (Å²) in [5.74, 6) is 0.630. The van der Waals surface area contributed by atoms with Gasteiger partial charge in [-0.15, -0.1) is 0 Å². The van der Waals surface area contributed by atoms with E-state index in [-0.39, 0.29) is 5.54 Å². The normalized spacial score (nSPS) is 11.6. The van der Waals surface area contributed by atoms with Gasteiger partial charge in [-0.1, -0.05) is 29.3 Å². The van der Waals surface area contributed by atoms with Crippen LogP contribution in [0.4, 0.5) is 0 Å². The number of hydrogen-bond donors (Lipinski definition) is 1. The lowest BCUT2D eigenvalue weighted by atomic mass is 10.1. The Kier molecular flexibility index (Phi) is 4.90. The number of ether oxygens (including phenoxy) is 1. The lowest BCUT2D eigenvalue weighted by Gasteiger charge is -2.20. The molecule has 0 saturated carbocycles. The maximum absolute atomic E-state index is 5.98. The smallest absolute Gasteiger partial charge is 0.139 e. The Morgan fingerprint density at radius 3 is 2.56 bits per heavy atom. The molecule has 0 atom stereocenters. The minimum atomic E-state index is 0.0987. The molecule has 0 aromatic heterocycles. The molecule has 0 aliphatic heterocycles. The summed E-state index contributed by atoms with van der Waals surface area (Å²) in [6.07, 6.45) is 0. The monoisotopic (exact) mass is 261 g/mol. The average molecular weight is 262 g/mol. The maximum atomic E-state index is 5.98. The van der Waals surface area contributed by atoms with Crippen LogP contribution in [0.15, 0.2) is 18.2 Å². The number of nitrogens with one attached hydrogen (secondary N) is 1. The molecule has 0 amide bonds. The van der Waals surface area contributed by atoms with Gasteiger partial charge in [-0.05, 0) is 32.9 Å². The molecule has 16 heavy (non-hydrogen) atoms. The quantitative estimate of drug-likeness (QED) is 0.834. The van der Waals surface area contributed by atoms with Crippen LogP contribution in [0.25, 0.3) is 0 Å². The van der Waals surface area contributed by atoms with E-state index in [1.165, 1.54) is 0 Å². The largest absolute Gasteiger partial charge is 0.491 e. The second-order valence-corrected chi connectivity index (χ2v) is 5.36. The molecule has 0 fully saturated rings. The van der Waals surface area contributed by atoms with Crippen LogP contribution in [0.5, 0.6) is 5.75 Å². The van der Waals surface area contributed by atoms with Crippen LogP contribution in [0, 0.1) is 0 Å². The van der Waals surface area contributed by atoms with E-state index in [2.05, 4.69) is 26.1 Å². The van der Waals surface area contributed by atoms with Gasteiger partial charge in [-0.25, -0.2) is 0 Å². The van der Waals surface area contributed by atoms with Gasteiger partial charge < -0.3 is 10.1 Å². The molecular weight excluding hydrogens is 245 g/mol. The molecule has 90 valence electrons. The summed E-state index contributed by atoms with van der Waals surface area (Å²) in [7, 11) is 0. The highest BCUT2D eigenvalue weighted by atomic mass is 35.5. The fraction of sp³-hybridized carbons (Fsp3) is 0.500. The number of hydrogen-bond acceptors (Lipinski definition) is 2. The zero-order chi connectivity index (χ0) is 12.2. The van der Waals surface area contributed by atoms with E-state index in [1.54, 1.807) is 6.07 Å². The SMILES string of the molecule is CC(C)(C)NCCOc1cccc(Cl)c1Cl. The molecular formula is C12H17Cl2NO. The van der Waals surface area contributed by atoms with Crippen LogP contribution in [0.1, 0.15) is 20.8 Å². The van der Waals surface area contributed by atoms with Gasteiger partial charge in [0.05, 0.1) is 5.02 Å². The van der Waals surface area contributed by atoms with E-state index in [9.17, 15) is 0 Å². The number of halogens is 2. The van der Waals surface area contributed by atoms with Crippen LogP contribution in [0.2, 0.25) is 10.0 Å². The summed E-state index contributed by atoms with van der Waals surface area (Å²) in [5, 5.41) is 4.31. The van der Waals surface area contributed by atoms with Gasteiger partial charge in [-0.2, -0.15) is 0 Å². The van der Waals surface area contributed by atoms with Crippen molar-refractivity contribution in [3.63, 3.8) is 0 Å². The van der Waals surface area contributed by atoms with Crippen molar-refractivity contribution in [2.45, 2.75) is 26.3 Å². The van der Waals surface area contributed by atoms with Crippen LogP contribution >= 0.6 is 23.2 Å². The van der Waals surface area contributed by atoms with Crippen molar-refractivity contribution >= 4 is 23.2 Å². The summed E-state index contributed by atoms with van der Waals surface area (Å²) in [6.45, 7) is 7.67. The van der Waals surface area contributed by atoms with Gasteiger partial charge in [0.15, 0.2) is 0 Å². The fourth-order valence-electron chi connectivity index (χ4n) is 1.18. The Balaban J connectivity index is 2.41. The minimum Gasteiger partial charge on any atom is -0.491 e. The zero-order valence-electron chi connectivity index (χ0n) is 9.81. The van der Waals surface area contributed by atoms with Gasteiger partial charge >= 0.3 is 0 Å². The molecule has 0 saturated heterocycles. The highest BCUT2D eigenvalue weighted by Crippen LogP contribution is 2.31. The Bertz CT molecular complexity index is 347. The molecule has 0 aliphatic rings. The van der Waals surface area contributed by atoms with Crippen LogP contribution < -0.4 is 10.1 Å². The van der Waals surface area contributed by atoms with Crippen LogP contribution in [-0.4, -0.2) is 18.7 Å². The lowest BCUT2D eigenvalue weighted by molar-refractivity contribution is 0.291. The van der Waals surface area contributed by atoms with E-state index >= 15 is 0 Å². The van der Waals surface area contributed by atoms with Gasteiger partial charge in [-0.3, -0.25) is 0 Å². The highest BCUT2D eigenvalue weighted by Gasteiger charge is 2.08. The van der Waals surface area contributed by atoms with Crippen molar-refractivity contribution in [3.05, 3.63) is 28.2 Å². The molecule has 1 N–H and O–H groups in total. The second kappa shape index (κ2) is 5.76. The molecule has 0 radical (unpaired) electrons. The van der Waals surface area contributed by atoms with Gasteiger partial charge in [0.25, 0.3) is 0 Å². The lowest BCUT2D eigenvalue weighted by Crippen LogP contribution is -2.38. The van der Waals surface area contributed by atoms with E-state index in [0.29, 0.717) is 22.4 Å². The van der Waals surface area contributed by atoms with Gasteiger partial charge in [0.1, 0.15) is 17.4 Å². The average Bonchev–Trinajstić information content (AvgIpc) is 2.17. The Labute approximate surface area is 107 Å². The van der Waals surface area contributed by atoms with E-state index in [1.807, 2.05) is 12.1 Å². The van der Waals surface area contributed by atoms with Crippen molar-refractivity contribution in [2.75, 3.05) is 13.2 Å². The standard InChI is InChI=1S/C12H17Cl2NO/c1-12(2,3)15-7-8-16-10-6-4-5-9(13)11(10)14/h4-6,15H,7-8H2,1-3H3. The molecule has 2 nitrogen and oxygen atoms in total. The second-order valence-electron chi connectivity index (χ2n) is 4.58. The molecule has 0 spiro atoms. The van der Waals surface area contributed by atoms with Gasteiger partial charge in [0.2, 0.25) is 0 Å². The summed E-state index contributed by atoms with van der Waals surface area (Å²) < 4.78 is 5.53. The topological polar surface area (TPSA) is 21.3 Å². The fourth-order valence-corrected chi connectivity index (χ4v) is 1.53. The van der Waals surface area contributed by atoms with Crippen molar-refractivity contribution in [1.82, 2.24) is 5.32 Å². The first-order valence-corrected chi connectivity index (χ1v) is 5.97. The van der Waals surface area contributed by atoms with Crippen molar-refractivity contribution in [1.29, 1.82) is 0 Å². The predicted octanol–water partition coefficient (Wildman–Crippen LogP) is 3.76. The zero-order valence-corrected chi connectivity index (χ0v) is 11.3. The molecule has 0 heterocycles. The van der Waals surface area contributed by atoms with E-state index in [4.69, 9.17) is 27.9 Å². The molecule has 0 aliphatic carbocycles. The van der Waals surface area contributed by atoms with Crippen LogP contribution in [-0.2, 0) is 0 Å². The van der Waals surface area contributed by atoms with Crippen LogP contribution in [0.3, 0.4) is 0 Å². The Morgan fingerprint density at radius 2 is 1.94 bits per heavy atom. The third kappa shape index (κ3) is 4.60. The Morgan fingerprint density at radius 1 is 1.25 bits per heavy atom. The first kappa shape index (κ1) is 13.6. The molecule has 1 aromatic carbocycles. The molecule has 0 unspecified atom stereocenters. The first-order chi connectivity index (χ1) is 7.40. The third-order valence-electron chi connectivity index (χ3n) is 1.93. The summed E-state index contributed by atoms with van der Waals surface area (Å²) in [4.78, 5) is 0. The third-order valence-corrected chi connectivity index (χ3v) is 2.73. The number of benzene rings is 1. The summed E-state index contributed by atoms with van der Waals surface area (Å²) in [6, 6.07) is 5.37. The van der Waals surface area contributed by atoms with Crippen molar-refractivity contribution < 1.29 is 4.74 Å². The van der Waals surface area contributed by atoms with E-state index < -0.39 is 0 Å². The van der Waals surface area contributed by atoms with Crippen molar-refractivity contribution in [3.8, 4) is 5.75 Å². The minimum absolute atomic E-state index is 0.0987. The molecule has 4 heteroatoms. The highest BCUT2D eigenvalue weighted by molar-refractivity contribution is 6.42. The molecule has 1 rings (SSSR count). The summed E-state index contributed by atoms with van der Waals surface area (Å²) >= 11 is 11.9.